The number of nitrogens with zero attached hydrogens (tertiary/aromatic N) is 1. The summed E-state index contributed by atoms with van der Waals surface area (Å²) in [6, 6.07) is 6.81. The van der Waals surface area contributed by atoms with Crippen molar-refractivity contribution in [2.45, 2.75) is 19.3 Å². The highest BCUT2D eigenvalue weighted by molar-refractivity contribution is 6.07. The van der Waals surface area contributed by atoms with Crippen LogP contribution in [0.2, 0.25) is 0 Å². The number of nitrogens with one attached hydrogen (secondary N) is 1. The molecule has 1 saturated heterocycles. The van der Waals surface area contributed by atoms with E-state index < -0.39 is 11.9 Å². The molecule has 1 N–H and O–H groups in total. The summed E-state index contributed by atoms with van der Waals surface area (Å²) in [6.45, 7) is 1.48. The SMILES string of the molecule is COC(=O)CC(=O)Nc1ccccc1C(=O)N1CCCC1. The van der Waals surface area contributed by atoms with E-state index in [2.05, 4.69) is 10.1 Å². The van der Waals surface area contributed by atoms with E-state index in [4.69, 9.17) is 0 Å². The predicted molar refractivity (Wildman–Crippen MR) is 76.8 cm³/mol. The first kappa shape index (κ1) is 15.0. The van der Waals surface area contributed by atoms with Crippen LogP contribution in [0.4, 0.5) is 5.69 Å². The first-order chi connectivity index (χ1) is 10.1. The third kappa shape index (κ3) is 3.81. The molecule has 0 atom stereocenters. The van der Waals surface area contributed by atoms with Gasteiger partial charge in [-0.3, -0.25) is 14.4 Å². The van der Waals surface area contributed by atoms with Crippen molar-refractivity contribution in [3.8, 4) is 0 Å². The van der Waals surface area contributed by atoms with Gasteiger partial charge in [-0.15, -0.1) is 0 Å². The van der Waals surface area contributed by atoms with E-state index >= 15 is 0 Å². The summed E-state index contributed by atoms with van der Waals surface area (Å²) in [7, 11) is 1.22. The van der Waals surface area contributed by atoms with E-state index in [1.54, 1.807) is 29.2 Å². The lowest BCUT2D eigenvalue weighted by atomic mass is 10.1. The van der Waals surface area contributed by atoms with Gasteiger partial charge in [0.05, 0.1) is 18.4 Å². The molecule has 1 fully saturated rings. The second-order valence-corrected chi connectivity index (χ2v) is 4.85. The predicted octanol–water partition coefficient (Wildman–Crippen LogP) is 1.42. The van der Waals surface area contributed by atoms with E-state index in [1.165, 1.54) is 7.11 Å². The second-order valence-electron chi connectivity index (χ2n) is 4.85. The Morgan fingerprint density at radius 2 is 1.86 bits per heavy atom. The van der Waals surface area contributed by atoms with Crippen LogP contribution in [0.25, 0.3) is 0 Å². The van der Waals surface area contributed by atoms with Gasteiger partial charge in [0.2, 0.25) is 5.91 Å². The van der Waals surface area contributed by atoms with Gasteiger partial charge in [-0.2, -0.15) is 0 Å². The van der Waals surface area contributed by atoms with Crippen molar-refractivity contribution in [3.05, 3.63) is 29.8 Å². The summed E-state index contributed by atoms with van der Waals surface area (Å²) in [5.74, 6) is -1.21. The first-order valence-corrected chi connectivity index (χ1v) is 6.87. The standard InChI is InChI=1S/C15H18N2O4/c1-21-14(19)10-13(18)16-12-7-3-2-6-11(12)15(20)17-8-4-5-9-17/h2-3,6-7H,4-5,8-10H2,1H3,(H,16,18). The van der Waals surface area contributed by atoms with E-state index in [-0.39, 0.29) is 12.3 Å². The van der Waals surface area contributed by atoms with Gasteiger partial charge < -0.3 is 15.0 Å². The Labute approximate surface area is 123 Å². The summed E-state index contributed by atoms with van der Waals surface area (Å²) >= 11 is 0. The van der Waals surface area contributed by atoms with Gasteiger partial charge in [0.25, 0.3) is 5.91 Å². The van der Waals surface area contributed by atoms with E-state index in [1.807, 2.05) is 0 Å². The zero-order valence-corrected chi connectivity index (χ0v) is 11.9. The minimum Gasteiger partial charge on any atom is -0.469 e. The summed E-state index contributed by atoms with van der Waals surface area (Å²) in [5, 5.41) is 2.59. The Balaban J connectivity index is 2.11. The monoisotopic (exact) mass is 290 g/mol. The fourth-order valence-corrected chi connectivity index (χ4v) is 2.27. The number of ether oxygens (including phenoxy) is 1. The number of rotatable bonds is 4. The van der Waals surface area contributed by atoms with Crippen LogP contribution in [0.3, 0.4) is 0 Å². The molecule has 0 radical (unpaired) electrons. The number of anilines is 1. The Morgan fingerprint density at radius 3 is 2.52 bits per heavy atom. The quantitative estimate of drug-likeness (QED) is 0.672. The number of esters is 1. The number of carbonyl (C=O) groups is 3. The third-order valence-corrected chi connectivity index (χ3v) is 3.36. The molecule has 0 aromatic heterocycles. The molecule has 1 heterocycles. The highest BCUT2D eigenvalue weighted by Crippen LogP contribution is 2.20. The maximum atomic E-state index is 12.4. The third-order valence-electron chi connectivity index (χ3n) is 3.36. The summed E-state index contributed by atoms with van der Waals surface area (Å²) in [6.07, 6.45) is 1.63. The number of likely N-dealkylation sites (tertiary alicyclic amines) is 1. The normalized spacial score (nSPS) is 13.9. The first-order valence-electron chi connectivity index (χ1n) is 6.87. The minimum atomic E-state index is -0.615. The largest absolute Gasteiger partial charge is 0.469 e. The number of benzene rings is 1. The lowest BCUT2D eigenvalue weighted by molar-refractivity contribution is -0.142. The maximum absolute atomic E-state index is 12.4. The van der Waals surface area contributed by atoms with Crippen LogP contribution in [-0.2, 0) is 14.3 Å². The minimum absolute atomic E-state index is 0.0959. The van der Waals surface area contributed by atoms with Crippen molar-refractivity contribution < 1.29 is 19.1 Å². The van der Waals surface area contributed by atoms with E-state index in [9.17, 15) is 14.4 Å². The molecule has 0 spiro atoms. The van der Waals surface area contributed by atoms with Crippen LogP contribution < -0.4 is 5.32 Å². The van der Waals surface area contributed by atoms with Gasteiger partial charge in [0.15, 0.2) is 0 Å². The number of methoxy groups -OCH3 is 1. The molecule has 112 valence electrons. The number of para-hydroxylation sites is 1. The molecule has 0 saturated carbocycles. The van der Waals surface area contributed by atoms with Crippen molar-refractivity contribution in [2.24, 2.45) is 0 Å². The van der Waals surface area contributed by atoms with Crippen LogP contribution in [0.5, 0.6) is 0 Å². The Bertz CT molecular complexity index is 550. The van der Waals surface area contributed by atoms with Gasteiger partial charge >= 0.3 is 5.97 Å². The average molecular weight is 290 g/mol. The van der Waals surface area contributed by atoms with Crippen LogP contribution >= 0.6 is 0 Å². The van der Waals surface area contributed by atoms with Gasteiger partial charge in [-0.25, -0.2) is 0 Å². The van der Waals surface area contributed by atoms with Crippen molar-refractivity contribution in [2.75, 3.05) is 25.5 Å². The number of hydrogen-bond acceptors (Lipinski definition) is 4. The lowest BCUT2D eigenvalue weighted by Crippen LogP contribution is -2.29. The fourth-order valence-electron chi connectivity index (χ4n) is 2.27. The van der Waals surface area contributed by atoms with Gasteiger partial charge in [0, 0.05) is 13.1 Å². The van der Waals surface area contributed by atoms with Crippen LogP contribution in [-0.4, -0.2) is 42.9 Å². The van der Waals surface area contributed by atoms with Crippen LogP contribution in [0, 0.1) is 0 Å². The lowest BCUT2D eigenvalue weighted by Gasteiger charge is -2.17. The summed E-state index contributed by atoms with van der Waals surface area (Å²) in [5.41, 5.74) is 0.862. The molecule has 1 aliphatic rings. The molecule has 0 unspecified atom stereocenters. The summed E-state index contributed by atoms with van der Waals surface area (Å²) in [4.78, 5) is 37.0. The highest BCUT2D eigenvalue weighted by Gasteiger charge is 2.22. The molecule has 0 aliphatic carbocycles. The molecule has 1 aromatic rings. The van der Waals surface area contributed by atoms with Crippen molar-refractivity contribution >= 4 is 23.5 Å². The van der Waals surface area contributed by atoms with Gasteiger partial charge in [-0.1, -0.05) is 12.1 Å². The van der Waals surface area contributed by atoms with Gasteiger partial charge in [0.1, 0.15) is 6.42 Å². The highest BCUT2D eigenvalue weighted by atomic mass is 16.5. The molecule has 21 heavy (non-hydrogen) atoms. The van der Waals surface area contributed by atoms with E-state index in [0.717, 1.165) is 25.9 Å². The molecular formula is C15H18N2O4. The van der Waals surface area contributed by atoms with Gasteiger partial charge in [-0.05, 0) is 25.0 Å². The van der Waals surface area contributed by atoms with Crippen LogP contribution in [0.1, 0.15) is 29.6 Å². The zero-order valence-electron chi connectivity index (χ0n) is 11.9. The molecular weight excluding hydrogens is 272 g/mol. The van der Waals surface area contributed by atoms with Crippen molar-refractivity contribution in [1.82, 2.24) is 4.90 Å². The molecule has 2 amide bonds. The molecule has 6 nitrogen and oxygen atoms in total. The zero-order chi connectivity index (χ0) is 15.2. The van der Waals surface area contributed by atoms with E-state index in [0.29, 0.717) is 11.3 Å². The second kappa shape index (κ2) is 6.88. The molecule has 2 rings (SSSR count). The van der Waals surface area contributed by atoms with Crippen molar-refractivity contribution in [3.63, 3.8) is 0 Å². The average Bonchev–Trinajstić information content (AvgIpc) is 3.01. The molecule has 1 aromatic carbocycles. The number of hydrogen-bond donors (Lipinski definition) is 1. The molecule has 0 bridgehead atoms. The molecule has 1 aliphatic heterocycles. The Hall–Kier alpha value is -2.37. The fraction of sp³-hybridized carbons (Fsp3) is 0.400. The van der Waals surface area contributed by atoms with Crippen LogP contribution in [0.15, 0.2) is 24.3 Å². The summed E-state index contributed by atoms with van der Waals surface area (Å²) < 4.78 is 4.44. The number of carbonyl (C=O) groups excluding carboxylic acids is 3. The Morgan fingerprint density at radius 1 is 1.19 bits per heavy atom. The topological polar surface area (TPSA) is 75.7 Å². The maximum Gasteiger partial charge on any atom is 0.315 e. The number of amides is 2. The van der Waals surface area contributed by atoms with Crippen molar-refractivity contribution in [1.29, 1.82) is 0 Å². The molecule has 6 heteroatoms. The smallest absolute Gasteiger partial charge is 0.315 e. The Kier molecular flexibility index (Phi) is 4.92.